The van der Waals surface area contributed by atoms with Crippen molar-refractivity contribution < 1.29 is 13.5 Å². The second-order valence-electron chi connectivity index (χ2n) is 4.37. The molecule has 0 amide bonds. The smallest absolute Gasteiger partial charge is 0.271 e. The van der Waals surface area contributed by atoms with E-state index < -0.39 is 10.0 Å². The van der Waals surface area contributed by atoms with E-state index in [1.165, 1.54) is 6.07 Å². The molecule has 0 radical (unpaired) electrons. The predicted octanol–water partition coefficient (Wildman–Crippen LogP) is 2.59. The largest absolute Gasteiger partial charge is 0.391 e. The number of benzene rings is 1. The third-order valence-corrected chi connectivity index (χ3v) is 5.86. The lowest BCUT2D eigenvalue weighted by Crippen LogP contribution is -2.11. The molecule has 0 aliphatic carbocycles. The van der Waals surface area contributed by atoms with Gasteiger partial charge >= 0.3 is 0 Å². The number of para-hydroxylation sites is 1. The van der Waals surface area contributed by atoms with Crippen LogP contribution in [0.5, 0.6) is 0 Å². The van der Waals surface area contributed by atoms with Gasteiger partial charge in [-0.3, -0.25) is 9.71 Å². The molecule has 2 aromatic heterocycles. The van der Waals surface area contributed by atoms with E-state index in [0.29, 0.717) is 16.1 Å². The summed E-state index contributed by atoms with van der Waals surface area (Å²) >= 11 is 1.04. The van der Waals surface area contributed by atoms with Gasteiger partial charge in [0.15, 0.2) is 0 Å². The third kappa shape index (κ3) is 2.76. The molecule has 0 saturated carbocycles. The van der Waals surface area contributed by atoms with Crippen LogP contribution in [0.2, 0.25) is 0 Å². The number of anilines is 1. The molecule has 0 spiro atoms. The lowest BCUT2D eigenvalue weighted by atomic mass is 10.2. The van der Waals surface area contributed by atoms with Crippen molar-refractivity contribution in [3.8, 4) is 0 Å². The van der Waals surface area contributed by atoms with Crippen molar-refractivity contribution in [2.75, 3.05) is 4.72 Å². The van der Waals surface area contributed by atoms with Crippen LogP contribution in [0.15, 0.2) is 52.9 Å². The number of nitrogens with zero attached hydrogens (tertiary/aromatic N) is 1. The Kier molecular flexibility index (Phi) is 3.62. The topological polar surface area (TPSA) is 79.3 Å². The van der Waals surface area contributed by atoms with Crippen LogP contribution in [0.4, 0.5) is 5.69 Å². The van der Waals surface area contributed by atoms with E-state index in [2.05, 4.69) is 9.71 Å². The summed E-state index contributed by atoms with van der Waals surface area (Å²) in [4.78, 5) is 4.82. The Hall–Kier alpha value is -1.96. The van der Waals surface area contributed by atoms with Gasteiger partial charge in [-0.05, 0) is 24.3 Å². The minimum absolute atomic E-state index is 0.166. The lowest BCUT2D eigenvalue weighted by Gasteiger charge is -2.08. The average Bonchev–Trinajstić information content (AvgIpc) is 2.97. The molecule has 5 nitrogen and oxygen atoms in total. The molecular weight excluding hydrogens is 308 g/mol. The van der Waals surface area contributed by atoms with Crippen LogP contribution in [0.3, 0.4) is 0 Å². The first-order valence-electron chi connectivity index (χ1n) is 6.16. The Labute approximate surface area is 125 Å². The molecule has 0 aliphatic rings. The van der Waals surface area contributed by atoms with Crippen LogP contribution < -0.4 is 4.72 Å². The van der Waals surface area contributed by atoms with Crippen molar-refractivity contribution >= 4 is 38.0 Å². The number of thiophene rings is 1. The molecule has 0 saturated heterocycles. The number of nitrogens with one attached hydrogen (secondary N) is 1. The highest BCUT2D eigenvalue weighted by Crippen LogP contribution is 2.27. The normalized spacial score (nSPS) is 11.7. The van der Waals surface area contributed by atoms with E-state index in [1.54, 1.807) is 30.5 Å². The van der Waals surface area contributed by atoms with Crippen LogP contribution in [-0.2, 0) is 16.6 Å². The minimum Gasteiger partial charge on any atom is -0.391 e. The van der Waals surface area contributed by atoms with Crippen molar-refractivity contribution in [3.63, 3.8) is 0 Å². The number of pyridine rings is 1. The quantitative estimate of drug-likeness (QED) is 0.774. The summed E-state index contributed by atoms with van der Waals surface area (Å²) in [5.74, 6) is 0. The standard InChI is InChI=1S/C14H12N2O3S2/c17-9-11-6-7-13(20-11)21(18,19)16-12-5-1-3-10-4-2-8-15-14(10)12/h1-8,16-17H,9H2. The minimum atomic E-state index is -3.68. The van der Waals surface area contributed by atoms with Gasteiger partial charge in [0.1, 0.15) is 4.21 Å². The number of aromatic nitrogens is 1. The van der Waals surface area contributed by atoms with E-state index in [9.17, 15) is 8.42 Å². The van der Waals surface area contributed by atoms with Crippen LogP contribution in [0, 0.1) is 0 Å². The van der Waals surface area contributed by atoms with Gasteiger partial charge in [-0.1, -0.05) is 18.2 Å². The maximum Gasteiger partial charge on any atom is 0.271 e. The number of hydrogen-bond donors (Lipinski definition) is 2. The average molecular weight is 320 g/mol. The van der Waals surface area contributed by atoms with Crippen molar-refractivity contribution in [1.82, 2.24) is 4.98 Å². The summed E-state index contributed by atoms with van der Waals surface area (Å²) in [6.45, 7) is -0.171. The van der Waals surface area contributed by atoms with Crippen molar-refractivity contribution in [1.29, 1.82) is 0 Å². The summed E-state index contributed by atoms with van der Waals surface area (Å²) in [5, 5.41) is 9.89. The Balaban J connectivity index is 2.01. The number of hydrogen-bond acceptors (Lipinski definition) is 5. The molecule has 2 N–H and O–H groups in total. The van der Waals surface area contributed by atoms with Crippen molar-refractivity contribution in [3.05, 3.63) is 53.5 Å². The fourth-order valence-corrected chi connectivity index (χ4v) is 4.25. The first-order valence-corrected chi connectivity index (χ1v) is 8.46. The summed E-state index contributed by atoms with van der Waals surface area (Å²) < 4.78 is 27.4. The molecule has 1 aromatic carbocycles. The monoisotopic (exact) mass is 320 g/mol. The van der Waals surface area contributed by atoms with E-state index in [-0.39, 0.29) is 10.8 Å². The number of sulfonamides is 1. The Morgan fingerprint density at radius 2 is 1.95 bits per heavy atom. The zero-order chi connectivity index (χ0) is 14.9. The molecule has 0 unspecified atom stereocenters. The molecule has 0 aliphatic heterocycles. The van der Waals surface area contributed by atoms with Gasteiger partial charge in [0.25, 0.3) is 10.0 Å². The predicted molar refractivity (Wildman–Crippen MR) is 82.8 cm³/mol. The fraction of sp³-hybridized carbons (Fsp3) is 0.0714. The number of aliphatic hydroxyl groups excluding tert-OH is 1. The molecule has 21 heavy (non-hydrogen) atoms. The molecule has 3 aromatic rings. The Morgan fingerprint density at radius 3 is 2.71 bits per heavy atom. The summed E-state index contributed by atoms with van der Waals surface area (Å²) in [5.41, 5.74) is 1.04. The van der Waals surface area contributed by atoms with Crippen LogP contribution in [0.1, 0.15) is 4.88 Å². The van der Waals surface area contributed by atoms with Crippen molar-refractivity contribution in [2.24, 2.45) is 0 Å². The second kappa shape index (κ2) is 5.44. The van der Waals surface area contributed by atoms with E-state index in [4.69, 9.17) is 5.11 Å². The second-order valence-corrected chi connectivity index (χ2v) is 7.44. The number of aliphatic hydroxyl groups is 1. The molecule has 3 rings (SSSR count). The molecule has 0 fully saturated rings. The molecule has 0 atom stereocenters. The maximum atomic E-state index is 12.4. The van der Waals surface area contributed by atoms with Gasteiger partial charge in [0, 0.05) is 16.5 Å². The first-order chi connectivity index (χ1) is 10.1. The van der Waals surface area contributed by atoms with Gasteiger partial charge in [-0.15, -0.1) is 11.3 Å². The summed E-state index contributed by atoms with van der Waals surface area (Å²) in [6, 6.07) is 12.1. The number of fused-ring (bicyclic) bond motifs is 1. The zero-order valence-corrected chi connectivity index (χ0v) is 12.5. The highest BCUT2D eigenvalue weighted by atomic mass is 32.2. The van der Waals surface area contributed by atoms with Crippen LogP contribution in [-0.4, -0.2) is 18.5 Å². The molecule has 108 valence electrons. The maximum absolute atomic E-state index is 12.4. The highest BCUT2D eigenvalue weighted by molar-refractivity contribution is 7.94. The molecule has 0 bridgehead atoms. The zero-order valence-electron chi connectivity index (χ0n) is 10.9. The van der Waals surface area contributed by atoms with Gasteiger partial charge < -0.3 is 5.11 Å². The van der Waals surface area contributed by atoms with Gasteiger partial charge in [-0.2, -0.15) is 0 Å². The van der Waals surface area contributed by atoms with E-state index in [0.717, 1.165) is 16.7 Å². The van der Waals surface area contributed by atoms with Gasteiger partial charge in [0.05, 0.1) is 17.8 Å². The number of rotatable bonds is 4. The molecule has 7 heteroatoms. The lowest BCUT2D eigenvalue weighted by molar-refractivity contribution is 0.285. The van der Waals surface area contributed by atoms with Crippen LogP contribution in [0.25, 0.3) is 10.9 Å². The molecule has 2 heterocycles. The first kappa shape index (κ1) is 14.0. The van der Waals surface area contributed by atoms with Crippen molar-refractivity contribution in [2.45, 2.75) is 10.8 Å². The Bertz CT molecular complexity index is 883. The summed E-state index contributed by atoms with van der Waals surface area (Å²) in [6.07, 6.45) is 1.62. The van der Waals surface area contributed by atoms with E-state index in [1.807, 2.05) is 12.1 Å². The van der Waals surface area contributed by atoms with Gasteiger partial charge in [-0.25, -0.2) is 8.42 Å². The third-order valence-electron chi connectivity index (χ3n) is 2.93. The molecular formula is C14H12N2O3S2. The summed E-state index contributed by atoms with van der Waals surface area (Å²) in [7, 11) is -3.68. The van der Waals surface area contributed by atoms with E-state index >= 15 is 0 Å². The van der Waals surface area contributed by atoms with Crippen LogP contribution >= 0.6 is 11.3 Å². The highest BCUT2D eigenvalue weighted by Gasteiger charge is 2.18. The SMILES string of the molecule is O=S(=O)(Nc1cccc2cccnc12)c1ccc(CO)s1. The Morgan fingerprint density at radius 1 is 1.14 bits per heavy atom. The van der Waals surface area contributed by atoms with Gasteiger partial charge in [0.2, 0.25) is 0 Å². The fourth-order valence-electron chi connectivity index (χ4n) is 1.97.